The van der Waals surface area contributed by atoms with Crippen molar-refractivity contribution in [3.05, 3.63) is 47.0 Å². The molecule has 1 saturated carbocycles. The second-order valence-corrected chi connectivity index (χ2v) is 10.4. The number of carboxylic acids is 2. The number of hydrogen-bond acceptors (Lipinski definition) is 8. The van der Waals surface area contributed by atoms with Gasteiger partial charge < -0.3 is 31.1 Å². The Morgan fingerprint density at radius 2 is 1.84 bits per heavy atom. The zero-order chi connectivity index (χ0) is 27.8. The summed E-state index contributed by atoms with van der Waals surface area (Å²) < 4.78 is 0. The Balaban J connectivity index is 0.000000521. The SMILES string of the molecule is CC(C)c1ccc2c(c1)/C(=N\O)[C@H](O)[C@H]1[C@](C)(/C=N/OCCCN)CCC[C@]21C.O=C(O)/C=C/C(=O)O. The first kappa shape index (κ1) is 30.0. The topological polar surface area (TPSA) is 175 Å². The van der Waals surface area contributed by atoms with Crippen molar-refractivity contribution >= 4 is 23.9 Å². The van der Waals surface area contributed by atoms with E-state index < -0.39 is 18.0 Å². The Kier molecular flexibility index (Phi) is 10.4. The number of aliphatic hydroxyl groups is 1. The van der Waals surface area contributed by atoms with E-state index >= 15 is 0 Å². The first-order chi connectivity index (χ1) is 17.4. The Hall–Kier alpha value is -3.24. The molecule has 0 radical (unpaired) electrons. The second kappa shape index (κ2) is 12.8. The lowest BCUT2D eigenvalue weighted by Crippen LogP contribution is -2.58. The van der Waals surface area contributed by atoms with Crippen LogP contribution in [0, 0.1) is 11.3 Å². The molecule has 10 nitrogen and oxygen atoms in total. The molecule has 0 saturated heterocycles. The van der Waals surface area contributed by atoms with Crippen molar-refractivity contribution in [1.29, 1.82) is 0 Å². The van der Waals surface area contributed by atoms with Crippen LogP contribution < -0.4 is 5.73 Å². The van der Waals surface area contributed by atoms with Crippen molar-refractivity contribution < 1.29 is 35.0 Å². The summed E-state index contributed by atoms with van der Waals surface area (Å²) in [5, 5.41) is 44.6. The lowest BCUT2D eigenvalue weighted by atomic mass is 9.49. The predicted octanol–water partition coefficient (Wildman–Crippen LogP) is 3.49. The Morgan fingerprint density at radius 1 is 1.19 bits per heavy atom. The van der Waals surface area contributed by atoms with Gasteiger partial charge >= 0.3 is 11.9 Å². The number of benzene rings is 1. The third-order valence-corrected chi connectivity index (χ3v) is 7.34. The highest BCUT2D eigenvalue weighted by Crippen LogP contribution is 2.56. The Labute approximate surface area is 217 Å². The maximum absolute atomic E-state index is 11.4. The summed E-state index contributed by atoms with van der Waals surface area (Å²) in [5.74, 6) is -2.31. The Bertz CT molecular complexity index is 1040. The van der Waals surface area contributed by atoms with Crippen molar-refractivity contribution in [2.75, 3.05) is 13.2 Å². The van der Waals surface area contributed by atoms with Crippen LogP contribution in [0.15, 0.2) is 40.7 Å². The molecule has 2 aliphatic carbocycles. The van der Waals surface area contributed by atoms with E-state index in [1.165, 1.54) is 5.56 Å². The molecule has 4 atom stereocenters. The molecule has 0 heterocycles. The van der Waals surface area contributed by atoms with Gasteiger partial charge in [-0.15, -0.1) is 0 Å². The van der Waals surface area contributed by atoms with Crippen molar-refractivity contribution in [2.24, 2.45) is 27.4 Å². The fourth-order valence-corrected chi connectivity index (χ4v) is 5.59. The fourth-order valence-electron chi connectivity index (χ4n) is 5.59. The van der Waals surface area contributed by atoms with E-state index in [0.717, 1.165) is 36.8 Å². The molecule has 0 bridgehead atoms. The molecule has 6 N–H and O–H groups in total. The van der Waals surface area contributed by atoms with Gasteiger partial charge in [0.15, 0.2) is 0 Å². The van der Waals surface area contributed by atoms with Crippen LogP contribution in [0.4, 0.5) is 0 Å². The molecule has 0 amide bonds. The van der Waals surface area contributed by atoms with E-state index in [-0.39, 0.29) is 16.7 Å². The minimum atomic E-state index is -1.26. The second-order valence-electron chi connectivity index (χ2n) is 10.4. The summed E-state index contributed by atoms with van der Waals surface area (Å²) in [5.41, 5.74) is 8.43. The first-order valence-corrected chi connectivity index (χ1v) is 12.5. The van der Waals surface area contributed by atoms with Gasteiger partial charge in [0.1, 0.15) is 18.4 Å². The number of carboxylic acid groups (broad SMARTS) is 2. The number of aliphatic hydroxyl groups excluding tert-OH is 1. The van der Waals surface area contributed by atoms with Crippen LogP contribution >= 0.6 is 0 Å². The van der Waals surface area contributed by atoms with Crippen molar-refractivity contribution in [2.45, 2.75) is 70.8 Å². The molecule has 3 rings (SSSR count). The van der Waals surface area contributed by atoms with Crippen LogP contribution in [-0.4, -0.2) is 63.6 Å². The number of nitrogens with two attached hydrogens (primary N) is 1. The highest BCUT2D eigenvalue weighted by molar-refractivity contribution is 6.07. The van der Waals surface area contributed by atoms with Crippen molar-refractivity contribution in [3.8, 4) is 0 Å². The van der Waals surface area contributed by atoms with E-state index in [0.29, 0.717) is 36.9 Å². The van der Waals surface area contributed by atoms with Crippen LogP contribution in [0.25, 0.3) is 0 Å². The molecule has 1 aromatic rings. The molecule has 1 aromatic carbocycles. The van der Waals surface area contributed by atoms with Gasteiger partial charge in [0, 0.05) is 29.0 Å². The molecule has 2 aliphatic rings. The molecular weight excluding hydrogens is 478 g/mol. The molecule has 204 valence electrons. The molecule has 10 heteroatoms. The van der Waals surface area contributed by atoms with Gasteiger partial charge in [-0.1, -0.05) is 56.6 Å². The molecule has 0 aliphatic heterocycles. The number of rotatable bonds is 8. The largest absolute Gasteiger partial charge is 0.478 e. The van der Waals surface area contributed by atoms with Crippen LogP contribution in [0.1, 0.15) is 76.0 Å². The lowest BCUT2D eigenvalue weighted by molar-refractivity contribution is -0.134. The van der Waals surface area contributed by atoms with Crippen LogP contribution in [0.3, 0.4) is 0 Å². The number of carbonyl (C=O) groups is 2. The Morgan fingerprint density at radius 3 is 2.38 bits per heavy atom. The van der Waals surface area contributed by atoms with Gasteiger partial charge in [0.05, 0.1) is 6.21 Å². The molecule has 0 unspecified atom stereocenters. The van der Waals surface area contributed by atoms with E-state index in [9.17, 15) is 19.9 Å². The average molecular weight is 518 g/mol. The standard InChI is InChI=1S/C23H35N3O3.C4H4O4/c1-15(2)16-7-8-18-17(13-16)19(26-28)20(27)21-22(3,9-5-10-23(18,21)4)14-25-29-12-6-11-24;5-3(6)1-2-4(7)8/h7-8,13-15,20-21,27-28H,5-6,9-12,24H2,1-4H3;1-2H,(H,5,6)(H,7,8)/b25-14+,26-19+;2-1+/t20-,21-,22-,23+;/m0./s1. The number of nitrogens with zero attached hydrogens (tertiary/aromatic N) is 2. The minimum Gasteiger partial charge on any atom is -0.478 e. The maximum Gasteiger partial charge on any atom is 0.328 e. The average Bonchev–Trinajstić information content (AvgIpc) is 2.83. The van der Waals surface area contributed by atoms with Gasteiger partial charge in [0.25, 0.3) is 0 Å². The summed E-state index contributed by atoms with van der Waals surface area (Å²) in [6.07, 6.45) is 5.74. The summed E-state index contributed by atoms with van der Waals surface area (Å²) in [7, 11) is 0. The van der Waals surface area contributed by atoms with Crippen LogP contribution in [0.2, 0.25) is 0 Å². The number of oxime groups is 2. The van der Waals surface area contributed by atoms with Gasteiger partial charge in [-0.3, -0.25) is 0 Å². The fraction of sp³-hybridized carbons (Fsp3) is 0.556. The number of hydrogen-bond donors (Lipinski definition) is 5. The quantitative estimate of drug-likeness (QED) is 0.114. The summed E-state index contributed by atoms with van der Waals surface area (Å²) in [6.45, 7) is 9.68. The first-order valence-electron chi connectivity index (χ1n) is 12.5. The normalized spacial score (nSPS) is 28.0. The summed E-state index contributed by atoms with van der Waals surface area (Å²) >= 11 is 0. The third-order valence-electron chi connectivity index (χ3n) is 7.34. The van der Waals surface area contributed by atoms with Gasteiger partial charge in [-0.25, -0.2) is 9.59 Å². The monoisotopic (exact) mass is 517 g/mol. The molecular formula is C27H39N3O7. The molecule has 1 fully saturated rings. The lowest BCUT2D eigenvalue weighted by Gasteiger charge is -2.55. The smallest absolute Gasteiger partial charge is 0.328 e. The maximum atomic E-state index is 11.4. The zero-order valence-electron chi connectivity index (χ0n) is 21.9. The molecule has 0 aromatic heterocycles. The van der Waals surface area contributed by atoms with Gasteiger partial charge in [-0.05, 0) is 54.3 Å². The molecule has 37 heavy (non-hydrogen) atoms. The van der Waals surface area contributed by atoms with E-state index in [1.807, 2.05) is 6.21 Å². The van der Waals surface area contributed by atoms with E-state index in [4.69, 9.17) is 20.8 Å². The highest BCUT2D eigenvalue weighted by Gasteiger charge is 2.57. The van der Waals surface area contributed by atoms with Gasteiger partial charge in [0.2, 0.25) is 0 Å². The van der Waals surface area contributed by atoms with Crippen molar-refractivity contribution in [3.63, 3.8) is 0 Å². The minimum absolute atomic E-state index is 0.158. The summed E-state index contributed by atoms with van der Waals surface area (Å²) in [6, 6.07) is 6.40. The van der Waals surface area contributed by atoms with Crippen LogP contribution in [0.5, 0.6) is 0 Å². The molecule has 0 spiro atoms. The summed E-state index contributed by atoms with van der Waals surface area (Å²) in [4.78, 5) is 24.5. The number of aliphatic carboxylic acids is 2. The number of fused-ring (bicyclic) bond motifs is 3. The zero-order valence-corrected chi connectivity index (χ0v) is 21.9. The predicted molar refractivity (Wildman–Crippen MR) is 140 cm³/mol. The van der Waals surface area contributed by atoms with Crippen molar-refractivity contribution in [1.82, 2.24) is 0 Å². The third kappa shape index (κ3) is 6.95. The van der Waals surface area contributed by atoms with Gasteiger partial charge in [-0.2, -0.15) is 0 Å². The van der Waals surface area contributed by atoms with E-state index in [1.54, 1.807) is 0 Å². The highest BCUT2D eigenvalue weighted by atomic mass is 16.6. The van der Waals surface area contributed by atoms with E-state index in [2.05, 4.69) is 56.2 Å². The van der Waals surface area contributed by atoms with Crippen LogP contribution in [-0.2, 0) is 19.8 Å².